The number of ketones is 1. The number of amides is 1. The Bertz CT molecular complexity index is 1170. The highest BCUT2D eigenvalue weighted by molar-refractivity contribution is 6.46. The van der Waals surface area contributed by atoms with E-state index >= 15 is 0 Å². The van der Waals surface area contributed by atoms with E-state index in [9.17, 15) is 14.7 Å². The molecule has 1 atom stereocenters. The van der Waals surface area contributed by atoms with E-state index in [0.717, 1.165) is 55.0 Å². The number of anilines is 1. The van der Waals surface area contributed by atoms with Gasteiger partial charge in [0.15, 0.2) is 0 Å². The van der Waals surface area contributed by atoms with Gasteiger partial charge in [-0.3, -0.25) is 14.5 Å². The minimum absolute atomic E-state index is 0.126. The number of aliphatic hydroxyl groups is 1. The molecule has 0 spiro atoms. The molecule has 2 aliphatic rings. The molecule has 0 unspecified atom stereocenters. The lowest BCUT2D eigenvalue weighted by atomic mass is 9.94. The molecule has 2 aromatic rings. The van der Waals surface area contributed by atoms with Gasteiger partial charge in [-0.2, -0.15) is 0 Å². The normalized spacial score (nSPS) is 19.7. The van der Waals surface area contributed by atoms with Crippen molar-refractivity contribution in [1.82, 2.24) is 9.80 Å². The van der Waals surface area contributed by atoms with Crippen LogP contribution in [0.5, 0.6) is 5.75 Å². The molecule has 0 aliphatic carbocycles. The first-order valence-electron chi connectivity index (χ1n) is 13.4. The molecule has 1 amide bonds. The Labute approximate surface area is 225 Å². The summed E-state index contributed by atoms with van der Waals surface area (Å²) in [6, 6.07) is 12.5. The van der Waals surface area contributed by atoms with Crippen molar-refractivity contribution < 1.29 is 24.2 Å². The van der Waals surface area contributed by atoms with Gasteiger partial charge in [0.1, 0.15) is 11.5 Å². The molecule has 0 radical (unpaired) electrons. The average molecular weight is 522 g/mol. The maximum absolute atomic E-state index is 13.4. The first-order valence-corrected chi connectivity index (χ1v) is 13.4. The summed E-state index contributed by atoms with van der Waals surface area (Å²) >= 11 is 0. The standard InChI is InChI=1S/C30H39N3O5/c1-5-17-38-25-12-9-23(20-21(25)2)28(34)26-27(22-7-10-24(11-8-22)31(3)4)33(30(36)29(26)35)14-6-13-32-15-18-37-19-16-32/h7-12,20,27,34H,5-6,13-19H2,1-4H3/t27-/m1/s1. The Hall–Kier alpha value is -3.36. The van der Waals surface area contributed by atoms with Crippen molar-refractivity contribution in [2.75, 3.05) is 65.0 Å². The van der Waals surface area contributed by atoms with Gasteiger partial charge in [0.25, 0.3) is 11.7 Å². The Morgan fingerprint density at radius 2 is 1.79 bits per heavy atom. The Morgan fingerprint density at radius 1 is 1.08 bits per heavy atom. The molecule has 2 aliphatic heterocycles. The summed E-state index contributed by atoms with van der Waals surface area (Å²) < 4.78 is 11.2. The zero-order valence-electron chi connectivity index (χ0n) is 22.9. The van der Waals surface area contributed by atoms with Crippen LogP contribution in [0.15, 0.2) is 48.0 Å². The van der Waals surface area contributed by atoms with E-state index in [1.54, 1.807) is 23.1 Å². The topological polar surface area (TPSA) is 82.5 Å². The summed E-state index contributed by atoms with van der Waals surface area (Å²) in [7, 11) is 3.92. The molecular weight excluding hydrogens is 482 g/mol. The molecular formula is C30H39N3O5. The van der Waals surface area contributed by atoms with Crippen LogP contribution in [-0.2, 0) is 14.3 Å². The first kappa shape index (κ1) is 27.7. The van der Waals surface area contributed by atoms with Gasteiger partial charge >= 0.3 is 0 Å². The number of hydrogen-bond acceptors (Lipinski definition) is 7. The number of carbonyl (C=O) groups excluding carboxylic acids is 2. The SMILES string of the molecule is CCCOc1ccc(C(O)=C2C(=O)C(=O)N(CCCN3CCOCC3)[C@@H]2c2ccc(N(C)C)cc2)cc1C. The van der Waals surface area contributed by atoms with Crippen LogP contribution < -0.4 is 9.64 Å². The largest absolute Gasteiger partial charge is 0.507 e. The smallest absolute Gasteiger partial charge is 0.295 e. The van der Waals surface area contributed by atoms with Gasteiger partial charge in [-0.25, -0.2) is 0 Å². The van der Waals surface area contributed by atoms with Crippen molar-refractivity contribution in [3.63, 3.8) is 0 Å². The third-order valence-electron chi connectivity index (χ3n) is 7.15. The van der Waals surface area contributed by atoms with Gasteiger partial charge in [-0.05, 0) is 61.2 Å². The highest BCUT2D eigenvalue weighted by Crippen LogP contribution is 2.40. The molecule has 2 fully saturated rings. The third-order valence-corrected chi connectivity index (χ3v) is 7.15. The minimum atomic E-state index is -0.660. The predicted octanol–water partition coefficient (Wildman–Crippen LogP) is 3.99. The second-order valence-electron chi connectivity index (χ2n) is 10.1. The number of Topliss-reactive ketones (excluding diaryl/α,β-unsaturated/α-hetero) is 1. The molecule has 8 nitrogen and oxygen atoms in total. The maximum Gasteiger partial charge on any atom is 0.295 e. The number of carbonyl (C=O) groups is 2. The molecule has 0 saturated carbocycles. The summed E-state index contributed by atoms with van der Waals surface area (Å²) in [5.41, 5.74) is 3.28. The van der Waals surface area contributed by atoms with Crippen molar-refractivity contribution in [2.24, 2.45) is 0 Å². The van der Waals surface area contributed by atoms with Crippen LogP contribution in [0.4, 0.5) is 5.69 Å². The van der Waals surface area contributed by atoms with Crippen LogP contribution in [0.25, 0.3) is 5.76 Å². The number of ether oxygens (including phenoxy) is 2. The summed E-state index contributed by atoms with van der Waals surface area (Å²) in [5, 5.41) is 11.4. The lowest BCUT2D eigenvalue weighted by molar-refractivity contribution is -0.140. The molecule has 2 saturated heterocycles. The summed E-state index contributed by atoms with van der Waals surface area (Å²) in [6.45, 7) is 8.94. The highest BCUT2D eigenvalue weighted by Gasteiger charge is 2.45. The number of rotatable bonds is 10. The van der Waals surface area contributed by atoms with Crippen LogP contribution in [0, 0.1) is 6.92 Å². The number of morpholine rings is 1. The molecule has 204 valence electrons. The molecule has 1 N–H and O–H groups in total. The summed E-state index contributed by atoms with van der Waals surface area (Å²) in [5.74, 6) is -0.650. The molecule has 2 aromatic carbocycles. The van der Waals surface area contributed by atoms with Gasteiger partial charge in [-0.1, -0.05) is 19.1 Å². The van der Waals surface area contributed by atoms with Crippen LogP contribution in [0.2, 0.25) is 0 Å². The first-order chi connectivity index (χ1) is 18.3. The maximum atomic E-state index is 13.4. The summed E-state index contributed by atoms with van der Waals surface area (Å²) in [4.78, 5) is 32.6. The van der Waals surface area contributed by atoms with Crippen LogP contribution in [-0.4, -0.2) is 86.7 Å². The lowest BCUT2D eigenvalue weighted by Crippen LogP contribution is -2.38. The number of hydrogen-bond donors (Lipinski definition) is 1. The molecule has 0 aromatic heterocycles. The van der Waals surface area contributed by atoms with E-state index in [2.05, 4.69) is 4.90 Å². The van der Waals surface area contributed by atoms with Crippen molar-refractivity contribution in [3.8, 4) is 5.75 Å². The zero-order valence-corrected chi connectivity index (χ0v) is 22.9. The van der Waals surface area contributed by atoms with Gasteiger partial charge in [0, 0.05) is 51.5 Å². The molecule has 4 rings (SSSR count). The summed E-state index contributed by atoms with van der Waals surface area (Å²) in [6.07, 6.45) is 1.62. The van der Waals surface area contributed by atoms with E-state index in [0.29, 0.717) is 31.9 Å². The predicted molar refractivity (Wildman–Crippen MR) is 149 cm³/mol. The molecule has 8 heteroatoms. The monoisotopic (exact) mass is 521 g/mol. The van der Waals surface area contributed by atoms with Crippen molar-refractivity contribution in [2.45, 2.75) is 32.7 Å². The van der Waals surface area contributed by atoms with Gasteiger partial charge in [0.05, 0.1) is 31.4 Å². The van der Waals surface area contributed by atoms with Crippen LogP contribution in [0.1, 0.15) is 42.5 Å². The van der Waals surface area contributed by atoms with Gasteiger partial charge in [-0.15, -0.1) is 0 Å². The number of likely N-dealkylation sites (tertiary alicyclic amines) is 1. The number of aryl methyl sites for hydroxylation is 1. The fraction of sp³-hybridized carbons (Fsp3) is 0.467. The minimum Gasteiger partial charge on any atom is -0.507 e. The van der Waals surface area contributed by atoms with E-state index in [-0.39, 0.29) is 11.3 Å². The average Bonchev–Trinajstić information content (AvgIpc) is 3.17. The van der Waals surface area contributed by atoms with Crippen molar-refractivity contribution >= 4 is 23.1 Å². The van der Waals surface area contributed by atoms with Gasteiger partial charge < -0.3 is 24.4 Å². The molecule has 38 heavy (non-hydrogen) atoms. The van der Waals surface area contributed by atoms with E-state index in [1.807, 2.05) is 57.1 Å². The highest BCUT2D eigenvalue weighted by atomic mass is 16.5. The molecule has 0 bridgehead atoms. The second-order valence-corrected chi connectivity index (χ2v) is 10.1. The fourth-order valence-corrected chi connectivity index (χ4v) is 5.03. The quantitative estimate of drug-likeness (QED) is 0.288. The van der Waals surface area contributed by atoms with Crippen LogP contribution >= 0.6 is 0 Å². The van der Waals surface area contributed by atoms with E-state index in [1.165, 1.54) is 0 Å². The number of aliphatic hydroxyl groups excluding tert-OH is 1. The zero-order chi connectivity index (χ0) is 27.2. The Morgan fingerprint density at radius 3 is 2.42 bits per heavy atom. The number of nitrogens with zero attached hydrogens (tertiary/aromatic N) is 3. The van der Waals surface area contributed by atoms with Crippen molar-refractivity contribution in [3.05, 3.63) is 64.7 Å². The Balaban J connectivity index is 1.68. The third kappa shape index (κ3) is 6.03. The van der Waals surface area contributed by atoms with E-state index < -0.39 is 17.7 Å². The van der Waals surface area contributed by atoms with Gasteiger partial charge in [0.2, 0.25) is 0 Å². The lowest BCUT2D eigenvalue weighted by Gasteiger charge is -2.29. The fourth-order valence-electron chi connectivity index (χ4n) is 5.03. The second kappa shape index (κ2) is 12.5. The molecule has 2 heterocycles. The van der Waals surface area contributed by atoms with Crippen LogP contribution in [0.3, 0.4) is 0 Å². The Kier molecular flexibility index (Phi) is 9.07. The van der Waals surface area contributed by atoms with Crippen molar-refractivity contribution in [1.29, 1.82) is 0 Å². The van der Waals surface area contributed by atoms with E-state index in [4.69, 9.17) is 9.47 Å². The number of benzene rings is 2.